The van der Waals surface area contributed by atoms with Gasteiger partial charge in [0.15, 0.2) is 5.79 Å². The monoisotopic (exact) mass is 252 g/mol. The van der Waals surface area contributed by atoms with Crippen molar-refractivity contribution >= 4 is 0 Å². The predicted molar refractivity (Wildman–Crippen MR) is 61.3 cm³/mol. The second-order valence-electron chi connectivity index (χ2n) is 4.48. The van der Waals surface area contributed by atoms with Gasteiger partial charge in [0.1, 0.15) is 0 Å². The normalized spacial score (nSPS) is 19.9. The van der Waals surface area contributed by atoms with Crippen molar-refractivity contribution < 1.29 is 29.9 Å². The molecule has 0 aromatic rings. The fraction of sp³-hybridized carbons (Fsp3) is 1.00. The van der Waals surface area contributed by atoms with Gasteiger partial charge in [-0.1, -0.05) is 0 Å². The topological polar surface area (TPSA) is 99.4 Å². The van der Waals surface area contributed by atoms with E-state index in [9.17, 15) is 0 Å². The van der Waals surface area contributed by atoms with E-state index < -0.39 is 5.79 Å². The van der Waals surface area contributed by atoms with Gasteiger partial charge in [0.05, 0.1) is 39.6 Å². The minimum atomic E-state index is -0.453. The second-order valence-corrected chi connectivity index (χ2v) is 4.48. The second kappa shape index (κ2) is 8.79. The molecule has 0 spiro atoms. The van der Waals surface area contributed by atoms with E-state index in [0.29, 0.717) is 13.2 Å². The van der Waals surface area contributed by atoms with Crippen LogP contribution < -0.4 is 0 Å². The zero-order valence-corrected chi connectivity index (χ0v) is 10.5. The number of aliphatic hydroxyl groups is 4. The van der Waals surface area contributed by atoms with E-state index in [2.05, 4.69) is 0 Å². The summed E-state index contributed by atoms with van der Waals surface area (Å²) in [6.07, 6.45) is 0. The molecule has 1 aliphatic heterocycles. The molecule has 6 nitrogen and oxygen atoms in total. The summed E-state index contributed by atoms with van der Waals surface area (Å²) >= 11 is 0. The van der Waals surface area contributed by atoms with Crippen molar-refractivity contribution in [2.75, 3.05) is 39.6 Å². The van der Waals surface area contributed by atoms with Gasteiger partial charge in [-0.25, -0.2) is 0 Å². The van der Waals surface area contributed by atoms with Crippen LogP contribution in [0.15, 0.2) is 0 Å². The zero-order valence-electron chi connectivity index (χ0n) is 10.5. The summed E-state index contributed by atoms with van der Waals surface area (Å²) in [6.45, 7) is 4.66. The lowest BCUT2D eigenvalue weighted by Gasteiger charge is -2.34. The molecular formula is C11H24O6. The van der Waals surface area contributed by atoms with E-state index >= 15 is 0 Å². The zero-order chi connectivity index (χ0) is 13.3. The van der Waals surface area contributed by atoms with Gasteiger partial charge in [-0.05, 0) is 13.8 Å². The van der Waals surface area contributed by atoms with Crippen molar-refractivity contribution in [1.29, 1.82) is 0 Å². The highest BCUT2D eigenvalue weighted by atomic mass is 16.7. The maximum Gasteiger partial charge on any atom is 0.162 e. The maximum atomic E-state index is 8.70. The van der Waals surface area contributed by atoms with Gasteiger partial charge >= 0.3 is 0 Å². The number of hydrogen-bond acceptors (Lipinski definition) is 6. The molecular weight excluding hydrogens is 228 g/mol. The molecule has 0 amide bonds. The summed E-state index contributed by atoms with van der Waals surface area (Å²) in [5.74, 6) is -0.640. The molecule has 17 heavy (non-hydrogen) atoms. The molecule has 4 N–H and O–H groups in total. The first-order valence-corrected chi connectivity index (χ1v) is 5.70. The molecule has 1 fully saturated rings. The standard InChI is InChI=1S/C7H14O3.C4H10O3/c1-7(2)9-4-6(3-8)5-10-7;5-1-4(2-6)3-7/h6,8H,3-5H2,1-2H3;4-7H,1-3H2. The SMILES string of the molecule is CC1(C)OCC(CO)CO1.OCC(CO)CO. The first-order chi connectivity index (χ1) is 7.99. The van der Waals surface area contributed by atoms with Gasteiger partial charge in [0.2, 0.25) is 0 Å². The van der Waals surface area contributed by atoms with Crippen LogP contribution in [0.3, 0.4) is 0 Å². The van der Waals surface area contributed by atoms with Crippen LogP contribution in [-0.2, 0) is 9.47 Å². The van der Waals surface area contributed by atoms with Gasteiger partial charge in [-0.2, -0.15) is 0 Å². The van der Waals surface area contributed by atoms with Crippen molar-refractivity contribution in [3.8, 4) is 0 Å². The Morgan fingerprint density at radius 3 is 1.65 bits per heavy atom. The fourth-order valence-corrected chi connectivity index (χ4v) is 1.01. The van der Waals surface area contributed by atoms with Crippen molar-refractivity contribution in [2.45, 2.75) is 19.6 Å². The van der Waals surface area contributed by atoms with Crippen LogP contribution in [-0.4, -0.2) is 65.9 Å². The third kappa shape index (κ3) is 7.64. The van der Waals surface area contributed by atoms with Gasteiger partial charge < -0.3 is 29.9 Å². The summed E-state index contributed by atoms with van der Waals surface area (Å²) in [7, 11) is 0. The minimum absolute atomic E-state index is 0.146. The smallest absolute Gasteiger partial charge is 0.162 e. The van der Waals surface area contributed by atoms with Gasteiger partial charge in [-0.15, -0.1) is 0 Å². The molecule has 0 unspecified atom stereocenters. The van der Waals surface area contributed by atoms with Crippen molar-refractivity contribution in [1.82, 2.24) is 0 Å². The van der Waals surface area contributed by atoms with Crippen LogP contribution in [0.2, 0.25) is 0 Å². The van der Waals surface area contributed by atoms with E-state index in [4.69, 9.17) is 29.9 Å². The summed E-state index contributed by atoms with van der Waals surface area (Å²) in [4.78, 5) is 0. The molecule has 0 saturated carbocycles. The van der Waals surface area contributed by atoms with Crippen molar-refractivity contribution in [3.63, 3.8) is 0 Å². The Morgan fingerprint density at radius 1 is 1.00 bits per heavy atom. The van der Waals surface area contributed by atoms with Crippen molar-refractivity contribution in [2.24, 2.45) is 11.8 Å². The lowest BCUT2D eigenvalue weighted by molar-refractivity contribution is -0.265. The fourth-order valence-electron chi connectivity index (χ4n) is 1.01. The summed E-state index contributed by atoms with van der Waals surface area (Å²) in [5, 5.41) is 33.3. The minimum Gasteiger partial charge on any atom is -0.396 e. The van der Waals surface area contributed by atoms with Crippen LogP contribution in [0.5, 0.6) is 0 Å². The number of ether oxygens (including phenoxy) is 2. The number of rotatable bonds is 4. The van der Waals surface area contributed by atoms with E-state index in [1.807, 2.05) is 13.8 Å². The average molecular weight is 252 g/mol. The highest BCUT2D eigenvalue weighted by Crippen LogP contribution is 2.19. The largest absolute Gasteiger partial charge is 0.396 e. The van der Waals surface area contributed by atoms with E-state index in [0.717, 1.165) is 0 Å². The Balaban J connectivity index is 0.000000325. The Bertz CT molecular complexity index is 165. The molecule has 104 valence electrons. The maximum absolute atomic E-state index is 8.70. The Hall–Kier alpha value is -0.240. The van der Waals surface area contributed by atoms with E-state index in [-0.39, 0.29) is 38.3 Å². The molecule has 0 radical (unpaired) electrons. The highest BCUT2D eigenvalue weighted by molar-refractivity contribution is 4.66. The molecule has 0 bridgehead atoms. The van der Waals surface area contributed by atoms with Gasteiger partial charge in [0, 0.05) is 11.8 Å². The molecule has 0 atom stereocenters. The Labute approximate surface area is 102 Å². The lowest BCUT2D eigenvalue weighted by atomic mass is 10.1. The Kier molecular flexibility index (Phi) is 8.67. The van der Waals surface area contributed by atoms with E-state index in [1.165, 1.54) is 0 Å². The third-order valence-electron chi connectivity index (χ3n) is 2.37. The highest BCUT2D eigenvalue weighted by Gasteiger charge is 2.27. The molecule has 0 aliphatic carbocycles. The lowest BCUT2D eigenvalue weighted by Crippen LogP contribution is -2.40. The molecule has 0 aromatic heterocycles. The van der Waals surface area contributed by atoms with E-state index in [1.54, 1.807) is 0 Å². The average Bonchev–Trinajstić information content (AvgIpc) is 2.32. The summed E-state index contributed by atoms with van der Waals surface area (Å²) in [5.41, 5.74) is 0. The summed E-state index contributed by atoms with van der Waals surface area (Å²) < 4.78 is 10.6. The molecule has 6 heteroatoms. The van der Waals surface area contributed by atoms with Gasteiger partial charge in [0.25, 0.3) is 0 Å². The Morgan fingerprint density at radius 2 is 1.41 bits per heavy atom. The number of aliphatic hydroxyl groups excluding tert-OH is 4. The van der Waals surface area contributed by atoms with Crippen LogP contribution in [0.1, 0.15) is 13.8 Å². The van der Waals surface area contributed by atoms with Crippen LogP contribution >= 0.6 is 0 Å². The number of hydrogen-bond donors (Lipinski definition) is 4. The quantitative estimate of drug-likeness (QED) is 0.510. The van der Waals surface area contributed by atoms with Crippen LogP contribution in [0.25, 0.3) is 0 Å². The van der Waals surface area contributed by atoms with Crippen LogP contribution in [0.4, 0.5) is 0 Å². The summed E-state index contributed by atoms with van der Waals surface area (Å²) in [6, 6.07) is 0. The first kappa shape index (κ1) is 16.8. The predicted octanol–water partition coefficient (Wildman–Crippen LogP) is -1.04. The molecule has 0 aromatic carbocycles. The first-order valence-electron chi connectivity index (χ1n) is 5.70. The van der Waals surface area contributed by atoms with Gasteiger partial charge in [-0.3, -0.25) is 0 Å². The van der Waals surface area contributed by atoms with Crippen molar-refractivity contribution in [3.05, 3.63) is 0 Å². The molecule has 1 rings (SSSR count). The molecule has 1 saturated heterocycles. The third-order valence-corrected chi connectivity index (χ3v) is 2.37. The molecule has 1 aliphatic rings. The molecule has 1 heterocycles. The van der Waals surface area contributed by atoms with Crippen LogP contribution in [0, 0.1) is 11.8 Å².